The van der Waals surface area contributed by atoms with Gasteiger partial charge in [0.2, 0.25) is 0 Å². The molecule has 1 aliphatic rings. The van der Waals surface area contributed by atoms with Gasteiger partial charge in [0.25, 0.3) is 0 Å². The number of hydrogen-bond donors (Lipinski definition) is 0. The summed E-state index contributed by atoms with van der Waals surface area (Å²) in [6, 6.07) is 10.1. The van der Waals surface area contributed by atoms with Crippen molar-refractivity contribution in [3.63, 3.8) is 0 Å². The predicted octanol–water partition coefficient (Wildman–Crippen LogP) is 2.68. The lowest BCUT2D eigenvalue weighted by atomic mass is 9.97. The second kappa shape index (κ2) is 3.17. The Kier molecular flexibility index (Phi) is 2.01. The minimum Gasteiger partial charge on any atom is -0.295 e. The van der Waals surface area contributed by atoms with Crippen LogP contribution in [0.2, 0.25) is 0 Å². The van der Waals surface area contributed by atoms with Gasteiger partial charge < -0.3 is 0 Å². The van der Waals surface area contributed by atoms with Gasteiger partial charge >= 0.3 is 0 Å². The molecular formula is C12H12O. The van der Waals surface area contributed by atoms with E-state index in [0.29, 0.717) is 12.3 Å². The molecule has 66 valence electrons. The molecule has 1 aliphatic carbocycles. The first kappa shape index (κ1) is 8.24. The summed E-state index contributed by atoms with van der Waals surface area (Å²) in [5.74, 6) is 0.640. The fourth-order valence-corrected chi connectivity index (χ4v) is 1.78. The third-order valence-electron chi connectivity index (χ3n) is 2.46. The Bertz CT molecular complexity index is 349. The van der Waals surface area contributed by atoms with Gasteiger partial charge in [0, 0.05) is 6.42 Å². The van der Waals surface area contributed by atoms with Crippen LogP contribution in [0.15, 0.2) is 36.4 Å². The van der Waals surface area contributed by atoms with Gasteiger partial charge in [0.15, 0.2) is 5.78 Å². The van der Waals surface area contributed by atoms with Gasteiger partial charge in [0.1, 0.15) is 0 Å². The molecule has 0 heterocycles. The maximum absolute atomic E-state index is 11.2. The number of rotatable bonds is 1. The van der Waals surface area contributed by atoms with E-state index in [4.69, 9.17) is 0 Å². The maximum Gasteiger partial charge on any atom is 0.156 e. The van der Waals surface area contributed by atoms with Crippen LogP contribution in [-0.4, -0.2) is 5.78 Å². The molecule has 2 rings (SSSR count). The van der Waals surface area contributed by atoms with Gasteiger partial charge in [-0.05, 0) is 23.1 Å². The second-order valence-electron chi connectivity index (χ2n) is 3.54. The van der Waals surface area contributed by atoms with Crippen LogP contribution in [-0.2, 0) is 4.79 Å². The zero-order valence-electron chi connectivity index (χ0n) is 7.66. The van der Waals surface area contributed by atoms with Crippen LogP contribution in [0.5, 0.6) is 0 Å². The molecule has 0 saturated carbocycles. The monoisotopic (exact) mass is 172 g/mol. The van der Waals surface area contributed by atoms with E-state index in [9.17, 15) is 4.79 Å². The van der Waals surface area contributed by atoms with E-state index in [1.165, 1.54) is 11.1 Å². The van der Waals surface area contributed by atoms with Gasteiger partial charge in [-0.2, -0.15) is 0 Å². The van der Waals surface area contributed by atoms with Crippen molar-refractivity contribution in [2.45, 2.75) is 13.3 Å². The summed E-state index contributed by atoms with van der Waals surface area (Å²) < 4.78 is 0. The number of allylic oxidation sites excluding steroid dienone is 2. The molecule has 0 aromatic heterocycles. The van der Waals surface area contributed by atoms with Crippen molar-refractivity contribution in [3.8, 4) is 0 Å². The molecule has 1 nitrogen and oxygen atoms in total. The summed E-state index contributed by atoms with van der Waals surface area (Å²) in [5.41, 5.74) is 2.37. The lowest BCUT2D eigenvalue weighted by Crippen LogP contribution is -1.93. The number of carbonyl (C=O) groups excluding carboxylic acids is 1. The molecule has 0 N–H and O–H groups in total. The van der Waals surface area contributed by atoms with Crippen LogP contribution >= 0.6 is 0 Å². The average Bonchev–Trinajstić information content (AvgIpc) is 2.47. The second-order valence-corrected chi connectivity index (χ2v) is 3.54. The van der Waals surface area contributed by atoms with Crippen LogP contribution in [0, 0.1) is 5.92 Å². The van der Waals surface area contributed by atoms with E-state index in [1.54, 1.807) is 6.08 Å². The van der Waals surface area contributed by atoms with Crippen molar-refractivity contribution in [1.82, 2.24) is 0 Å². The van der Waals surface area contributed by atoms with Gasteiger partial charge in [-0.25, -0.2) is 0 Å². The molecule has 13 heavy (non-hydrogen) atoms. The lowest BCUT2D eigenvalue weighted by Gasteiger charge is -2.07. The first-order valence-corrected chi connectivity index (χ1v) is 4.57. The Morgan fingerprint density at radius 2 is 1.92 bits per heavy atom. The summed E-state index contributed by atoms with van der Waals surface area (Å²) in [6.07, 6.45) is 2.45. The maximum atomic E-state index is 11.2. The van der Waals surface area contributed by atoms with E-state index >= 15 is 0 Å². The largest absolute Gasteiger partial charge is 0.295 e. The van der Waals surface area contributed by atoms with Crippen molar-refractivity contribution in [3.05, 3.63) is 42.0 Å². The van der Waals surface area contributed by atoms with Crippen molar-refractivity contribution in [2.24, 2.45) is 5.92 Å². The van der Waals surface area contributed by atoms with E-state index in [-0.39, 0.29) is 5.78 Å². The smallest absolute Gasteiger partial charge is 0.156 e. The van der Waals surface area contributed by atoms with Crippen LogP contribution in [0.3, 0.4) is 0 Å². The topological polar surface area (TPSA) is 17.1 Å². The van der Waals surface area contributed by atoms with Gasteiger partial charge in [-0.3, -0.25) is 4.79 Å². The number of ketones is 1. The molecule has 0 spiro atoms. The summed E-state index contributed by atoms with van der Waals surface area (Å²) in [7, 11) is 0. The van der Waals surface area contributed by atoms with E-state index in [0.717, 1.165) is 0 Å². The molecule has 0 amide bonds. The van der Waals surface area contributed by atoms with E-state index < -0.39 is 0 Å². The highest BCUT2D eigenvalue weighted by Gasteiger charge is 2.21. The number of hydrogen-bond acceptors (Lipinski definition) is 1. The molecule has 1 aromatic carbocycles. The molecule has 0 saturated heterocycles. The third kappa shape index (κ3) is 1.55. The molecule has 0 unspecified atom stereocenters. The summed E-state index contributed by atoms with van der Waals surface area (Å²) in [4.78, 5) is 11.2. The summed E-state index contributed by atoms with van der Waals surface area (Å²) in [5, 5.41) is 0. The fraction of sp³-hybridized carbons (Fsp3) is 0.250. The zero-order valence-corrected chi connectivity index (χ0v) is 7.66. The summed E-state index contributed by atoms with van der Waals surface area (Å²) >= 11 is 0. The minimum absolute atomic E-state index is 0.256. The Hall–Kier alpha value is -1.37. The lowest BCUT2D eigenvalue weighted by molar-refractivity contribution is -0.114. The Morgan fingerprint density at radius 1 is 1.23 bits per heavy atom. The van der Waals surface area contributed by atoms with Crippen molar-refractivity contribution in [2.75, 3.05) is 0 Å². The molecular weight excluding hydrogens is 160 g/mol. The van der Waals surface area contributed by atoms with Crippen molar-refractivity contribution in [1.29, 1.82) is 0 Å². The Morgan fingerprint density at radius 3 is 2.46 bits per heavy atom. The highest BCUT2D eigenvalue weighted by molar-refractivity contribution is 6.02. The van der Waals surface area contributed by atoms with Gasteiger partial charge in [-0.1, -0.05) is 37.3 Å². The molecule has 0 radical (unpaired) electrons. The normalized spacial score (nSPS) is 21.8. The van der Waals surface area contributed by atoms with Crippen LogP contribution < -0.4 is 0 Å². The average molecular weight is 172 g/mol. The Balaban J connectivity index is 2.37. The van der Waals surface area contributed by atoms with Crippen LogP contribution in [0.1, 0.15) is 18.9 Å². The third-order valence-corrected chi connectivity index (χ3v) is 2.46. The Labute approximate surface area is 78.1 Å². The van der Waals surface area contributed by atoms with Crippen LogP contribution in [0.4, 0.5) is 0 Å². The molecule has 1 aromatic rings. The van der Waals surface area contributed by atoms with Crippen LogP contribution in [0.25, 0.3) is 5.57 Å². The molecule has 1 heteroatoms. The zero-order chi connectivity index (χ0) is 9.26. The quantitative estimate of drug-likeness (QED) is 0.636. The fourth-order valence-electron chi connectivity index (χ4n) is 1.78. The molecule has 1 atom stereocenters. The van der Waals surface area contributed by atoms with E-state index in [2.05, 4.69) is 19.1 Å². The summed E-state index contributed by atoms with van der Waals surface area (Å²) in [6.45, 7) is 2.10. The van der Waals surface area contributed by atoms with Gasteiger partial charge in [0.05, 0.1) is 0 Å². The first-order chi connectivity index (χ1) is 6.27. The SMILES string of the molecule is C[C@@H]1CC(=O)C=C1c1ccccc1. The number of carbonyl (C=O) groups is 1. The molecule has 0 aliphatic heterocycles. The first-order valence-electron chi connectivity index (χ1n) is 4.57. The predicted molar refractivity (Wildman–Crippen MR) is 53.2 cm³/mol. The standard InChI is InChI=1S/C12H12O/c1-9-7-11(13)8-12(9)10-5-3-2-4-6-10/h2-6,8-9H,7H2,1H3/t9-/m1/s1. The number of benzene rings is 1. The highest BCUT2D eigenvalue weighted by Crippen LogP contribution is 2.31. The van der Waals surface area contributed by atoms with Crippen molar-refractivity contribution >= 4 is 11.4 Å². The minimum atomic E-state index is 0.256. The highest BCUT2D eigenvalue weighted by atomic mass is 16.1. The van der Waals surface area contributed by atoms with E-state index in [1.807, 2.05) is 18.2 Å². The molecule has 0 fully saturated rings. The van der Waals surface area contributed by atoms with Crippen molar-refractivity contribution < 1.29 is 4.79 Å². The van der Waals surface area contributed by atoms with Gasteiger partial charge in [-0.15, -0.1) is 0 Å². The molecule has 0 bridgehead atoms.